The molecule has 0 aromatic heterocycles. The summed E-state index contributed by atoms with van der Waals surface area (Å²) in [6, 6.07) is 1.56. The van der Waals surface area contributed by atoms with Crippen molar-refractivity contribution in [2.24, 2.45) is 0 Å². The molecule has 3 nitrogen and oxygen atoms in total. The van der Waals surface area contributed by atoms with Crippen LogP contribution in [0.25, 0.3) is 0 Å². The molecule has 1 saturated heterocycles. The largest absolute Gasteiger partial charge is 0.497 e. The molecule has 1 aromatic rings. The third-order valence-electron chi connectivity index (χ3n) is 3.33. The molecule has 0 saturated carbocycles. The van der Waals surface area contributed by atoms with E-state index in [0.717, 1.165) is 12.1 Å². The highest BCUT2D eigenvalue weighted by Gasteiger charge is 2.46. The average molecular weight is 329 g/mol. The average Bonchev–Trinajstić information content (AvgIpc) is 2.40. The second kappa shape index (κ2) is 7.29. The van der Waals surface area contributed by atoms with Gasteiger partial charge in [0.05, 0.1) is 7.11 Å². The fourth-order valence-electron chi connectivity index (χ4n) is 2.38. The predicted octanol–water partition coefficient (Wildman–Crippen LogP) is 2.76. The van der Waals surface area contributed by atoms with Crippen molar-refractivity contribution in [3.8, 4) is 5.75 Å². The summed E-state index contributed by atoms with van der Waals surface area (Å²) in [5, 5.41) is 2.98. The first-order valence-electron chi connectivity index (χ1n) is 6.28. The van der Waals surface area contributed by atoms with Crippen molar-refractivity contribution in [3.05, 3.63) is 29.6 Å². The van der Waals surface area contributed by atoms with Crippen molar-refractivity contribution >= 4 is 12.4 Å². The third-order valence-corrected chi connectivity index (χ3v) is 3.33. The molecule has 1 N–H and O–H groups in total. The maximum absolute atomic E-state index is 14.0. The molecule has 2 rings (SSSR count). The Bertz CT molecular complexity index is 464. The summed E-state index contributed by atoms with van der Waals surface area (Å²) in [6.07, 6.45) is -4.52. The summed E-state index contributed by atoms with van der Waals surface area (Å²) in [7, 11) is 1.34. The monoisotopic (exact) mass is 328 g/mol. The Labute approximate surface area is 126 Å². The lowest BCUT2D eigenvalue weighted by atomic mass is 10.0. The normalized spacial score (nSPS) is 18.0. The highest BCUT2D eigenvalue weighted by atomic mass is 35.5. The Morgan fingerprint density at radius 1 is 1.24 bits per heavy atom. The fourth-order valence-corrected chi connectivity index (χ4v) is 2.38. The van der Waals surface area contributed by atoms with Gasteiger partial charge in [-0.2, -0.15) is 13.2 Å². The summed E-state index contributed by atoms with van der Waals surface area (Å²) in [5.41, 5.74) is -0.361. The first-order valence-corrected chi connectivity index (χ1v) is 6.28. The molecular weight excluding hydrogens is 312 g/mol. The number of rotatable bonds is 3. The molecule has 0 aliphatic carbocycles. The molecule has 1 heterocycles. The van der Waals surface area contributed by atoms with Crippen molar-refractivity contribution in [3.63, 3.8) is 0 Å². The van der Waals surface area contributed by atoms with Crippen LogP contribution in [0.15, 0.2) is 18.2 Å². The molecule has 1 aliphatic rings. The van der Waals surface area contributed by atoms with Gasteiger partial charge in [-0.3, -0.25) is 4.90 Å². The topological polar surface area (TPSA) is 24.5 Å². The van der Waals surface area contributed by atoms with Gasteiger partial charge in [0.1, 0.15) is 17.6 Å². The lowest BCUT2D eigenvalue weighted by Gasteiger charge is -2.36. The van der Waals surface area contributed by atoms with Gasteiger partial charge in [-0.05, 0) is 6.07 Å². The fraction of sp³-hybridized carbons (Fsp3) is 0.538. The molecule has 8 heteroatoms. The van der Waals surface area contributed by atoms with Gasteiger partial charge in [-0.15, -0.1) is 12.4 Å². The number of halogens is 5. The van der Waals surface area contributed by atoms with E-state index in [4.69, 9.17) is 4.74 Å². The molecule has 0 amide bonds. The van der Waals surface area contributed by atoms with E-state index in [9.17, 15) is 17.6 Å². The molecule has 120 valence electrons. The van der Waals surface area contributed by atoms with Crippen molar-refractivity contribution in [1.82, 2.24) is 10.2 Å². The Morgan fingerprint density at radius 3 is 2.33 bits per heavy atom. The second-order valence-electron chi connectivity index (χ2n) is 4.62. The Balaban J connectivity index is 0.00000220. The third kappa shape index (κ3) is 4.21. The molecule has 1 aliphatic heterocycles. The summed E-state index contributed by atoms with van der Waals surface area (Å²) >= 11 is 0. The lowest BCUT2D eigenvalue weighted by molar-refractivity contribution is -0.188. The maximum Gasteiger partial charge on any atom is 0.408 e. The Kier molecular flexibility index (Phi) is 6.24. The molecular formula is C13H17ClF4N2O. The first-order chi connectivity index (χ1) is 9.43. The van der Waals surface area contributed by atoms with E-state index < -0.39 is 18.0 Å². The van der Waals surface area contributed by atoms with Crippen LogP contribution in [0.1, 0.15) is 11.6 Å². The van der Waals surface area contributed by atoms with Crippen LogP contribution in [0.4, 0.5) is 17.6 Å². The Hall–Kier alpha value is -1.05. The van der Waals surface area contributed by atoms with Crippen LogP contribution in [0.5, 0.6) is 5.75 Å². The van der Waals surface area contributed by atoms with E-state index >= 15 is 0 Å². The smallest absolute Gasteiger partial charge is 0.408 e. The summed E-state index contributed by atoms with van der Waals surface area (Å²) in [6.45, 7) is 1.39. The predicted molar refractivity (Wildman–Crippen MR) is 73.4 cm³/mol. The van der Waals surface area contributed by atoms with Crippen LogP contribution in [-0.2, 0) is 0 Å². The summed E-state index contributed by atoms with van der Waals surface area (Å²) in [5.74, 6) is -0.697. The van der Waals surface area contributed by atoms with E-state index in [1.165, 1.54) is 18.1 Å². The number of methoxy groups -OCH3 is 1. The summed E-state index contributed by atoms with van der Waals surface area (Å²) in [4.78, 5) is 1.25. The molecule has 0 spiro atoms. The first kappa shape index (κ1) is 18.0. The van der Waals surface area contributed by atoms with Crippen molar-refractivity contribution in [2.45, 2.75) is 12.2 Å². The molecule has 1 fully saturated rings. The maximum atomic E-state index is 14.0. The van der Waals surface area contributed by atoms with Crippen LogP contribution >= 0.6 is 12.4 Å². The number of nitrogens with zero attached hydrogens (tertiary/aromatic N) is 1. The number of nitrogens with one attached hydrogen (secondary N) is 1. The number of alkyl halides is 3. The van der Waals surface area contributed by atoms with Gasteiger partial charge in [-0.25, -0.2) is 4.39 Å². The highest BCUT2D eigenvalue weighted by molar-refractivity contribution is 5.85. The zero-order valence-corrected chi connectivity index (χ0v) is 12.2. The van der Waals surface area contributed by atoms with Gasteiger partial charge in [0.15, 0.2) is 0 Å². The van der Waals surface area contributed by atoms with Gasteiger partial charge in [0.25, 0.3) is 0 Å². The Morgan fingerprint density at radius 2 is 1.86 bits per heavy atom. The quantitative estimate of drug-likeness (QED) is 0.864. The standard InChI is InChI=1S/C13H16F4N2O.ClH/c1-20-9-2-3-10(11(14)8-9)12(13(15,16)17)19-6-4-18-5-7-19;/h2-3,8,12,18H,4-7H2,1H3;1H/t12-;/m1./s1. The molecule has 1 aromatic carbocycles. The molecule has 1 atom stereocenters. The van der Waals surface area contributed by atoms with Crippen LogP contribution in [0.3, 0.4) is 0 Å². The van der Waals surface area contributed by atoms with E-state index in [1.807, 2.05) is 0 Å². The minimum absolute atomic E-state index is 0. The van der Waals surface area contributed by atoms with Crippen molar-refractivity contribution < 1.29 is 22.3 Å². The highest BCUT2D eigenvalue weighted by Crippen LogP contribution is 2.39. The number of hydrogen-bond donors (Lipinski definition) is 1. The number of benzene rings is 1. The zero-order valence-electron chi connectivity index (χ0n) is 11.4. The van der Waals surface area contributed by atoms with Gasteiger partial charge < -0.3 is 10.1 Å². The minimum Gasteiger partial charge on any atom is -0.497 e. The van der Waals surface area contributed by atoms with Gasteiger partial charge in [0.2, 0.25) is 0 Å². The zero-order chi connectivity index (χ0) is 14.8. The number of hydrogen-bond acceptors (Lipinski definition) is 3. The van der Waals surface area contributed by atoms with Gasteiger partial charge in [0, 0.05) is 37.8 Å². The van der Waals surface area contributed by atoms with Gasteiger partial charge in [-0.1, -0.05) is 6.07 Å². The number of piperazine rings is 1. The summed E-state index contributed by atoms with van der Waals surface area (Å²) < 4.78 is 58.6. The van der Waals surface area contributed by atoms with Crippen LogP contribution in [-0.4, -0.2) is 44.4 Å². The van der Waals surface area contributed by atoms with Crippen LogP contribution in [0, 0.1) is 5.82 Å². The lowest BCUT2D eigenvalue weighted by Crippen LogP contribution is -2.49. The van der Waals surface area contributed by atoms with E-state index in [1.54, 1.807) is 0 Å². The minimum atomic E-state index is -4.52. The molecule has 0 bridgehead atoms. The van der Waals surface area contributed by atoms with Crippen LogP contribution < -0.4 is 10.1 Å². The van der Waals surface area contributed by atoms with Crippen LogP contribution in [0.2, 0.25) is 0 Å². The second-order valence-corrected chi connectivity index (χ2v) is 4.62. The van der Waals surface area contributed by atoms with E-state index in [0.29, 0.717) is 13.1 Å². The van der Waals surface area contributed by atoms with Crippen molar-refractivity contribution in [1.29, 1.82) is 0 Å². The molecule has 0 unspecified atom stereocenters. The SMILES string of the molecule is COc1ccc([C@@H](N2CCNCC2)C(F)(F)F)c(F)c1.Cl. The molecule has 0 radical (unpaired) electrons. The number of ether oxygens (including phenoxy) is 1. The van der Waals surface area contributed by atoms with E-state index in [-0.39, 0.29) is 36.8 Å². The van der Waals surface area contributed by atoms with E-state index in [2.05, 4.69) is 5.32 Å². The van der Waals surface area contributed by atoms with Crippen molar-refractivity contribution in [2.75, 3.05) is 33.3 Å². The molecule has 21 heavy (non-hydrogen) atoms. The van der Waals surface area contributed by atoms with Gasteiger partial charge >= 0.3 is 6.18 Å².